The first-order valence-electron chi connectivity index (χ1n) is 7.47. The number of benzene rings is 1. The van der Waals surface area contributed by atoms with Gasteiger partial charge in [-0.25, -0.2) is 0 Å². The van der Waals surface area contributed by atoms with Crippen LogP contribution in [0.15, 0.2) is 24.3 Å². The zero-order valence-corrected chi connectivity index (χ0v) is 14.6. The monoisotopic (exact) mass is 353 g/mol. The molecule has 4 heteroatoms. The molecule has 0 aromatic heterocycles. The van der Waals surface area contributed by atoms with Crippen LogP contribution in [0, 0.1) is 11.3 Å². The van der Waals surface area contributed by atoms with Gasteiger partial charge in [0, 0.05) is 11.4 Å². The molecule has 0 saturated carbocycles. The van der Waals surface area contributed by atoms with Gasteiger partial charge in [-0.1, -0.05) is 54.9 Å². The van der Waals surface area contributed by atoms with E-state index in [2.05, 4.69) is 42.0 Å². The molecule has 2 rings (SSSR count). The molecule has 0 bridgehead atoms. The summed E-state index contributed by atoms with van der Waals surface area (Å²) in [5, 5.41) is 3.04. The van der Waals surface area contributed by atoms with E-state index in [4.69, 9.17) is 4.74 Å². The van der Waals surface area contributed by atoms with Gasteiger partial charge in [-0.15, -0.1) is 0 Å². The van der Waals surface area contributed by atoms with Crippen molar-refractivity contribution in [1.82, 2.24) is 5.32 Å². The molecule has 1 aliphatic rings. The Morgan fingerprint density at radius 1 is 1.43 bits per heavy atom. The molecule has 116 valence electrons. The van der Waals surface area contributed by atoms with Crippen LogP contribution in [0.4, 0.5) is 0 Å². The van der Waals surface area contributed by atoms with Gasteiger partial charge in [0.1, 0.15) is 12.4 Å². The maximum absolute atomic E-state index is 12.3. The Bertz CT molecular complexity index is 496. The van der Waals surface area contributed by atoms with Crippen molar-refractivity contribution in [3.8, 4) is 5.75 Å². The van der Waals surface area contributed by atoms with Crippen LogP contribution in [-0.2, 0) is 11.2 Å². The molecule has 1 aromatic carbocycles. The summed E-state index contributed by atoms with van der Waals surface area (Å²) < 4.78 is 5.67. The smallest absolute Gasteiger partial charge is 0.226 e. The summed E-state index contributed by atoms with van der Waals surface area (Å²) in [6.07, 6.45) is 1.78. The third-order valence-electron chi connectivity index (χ3n) is 3.58. The third kappa shape index (κ3) is 5.03. The molecule has 2 atom stereocenters. The summed E-state index contributed by atoms with van der Waals surface area (Å²) in [7, 11) is 0. The Morgan fingerprint density at radius 3 is 2.86 bits per heavy atom. The summed E-state index contributed by atoms with van der Waals surface area (Å²) in [5.41, 5.74) is 1.38. The predicted octanol–water partition coefficient (Wildman–Crippen LogP) is 3.55. The van der Waals surface area contributed by atoms with E-state index >= 15 is 0 Å². The molecular weight excluding hydrogens is 330 g/mol. The Hall–Kier alpha value is -1.03. The zero-order chi connectivity index (χ0) is 15.5. The van der Waals surface area contributed by atoms with Gasteiger partial charge in [-0.2, -0.15) is 0 Å². The number of alkyl halides is 1. The summed E-state index contributed by atoms with van der Waals surface area (Å²) in [6.45, 7) is 7.74. The van der Waals surface area contributed by atoms with Crippen molar-refractivity contribution in [2.45, 2.75) is 38.4 Å². The highest BCUT2D eigenvalue weighted by Gasteiger charge is 2.26. The van der Waals surface area contributed by atoms with Crippen molar-refractivity contribution in [2.75, 3.05) is 13.2 Å². The van der Waals surface area contributed by atoms with E-state index in [-0.39, 0.29) is 17.2 Å². The Labute approximate surface area is 135 Å². The van der Waals surface area contributed by atoms with Crippen molar-refractivity contribution in [2.24, 2.45) is 11.3 Å². The van der Waals surface area contributed by atoms with E-state index in [9.17, 15) is 4.79 Å². The normalized spacial score (nSPS) is 19.3. The minimum atomic E-state index is -0.0887. The molecule has 1 amide bonds. The summed E-state index contributed by atoms with van der Waals surface area (Å²) in [6, 6.07) is 7.93. The van der Waals surface area contributed by atoms with Gasteiger partial charge in [0.15, 0.2) is 0 Å². The number of nitrogens with one attached hydrogen (secondary N) is 1. The van der Waals surface area contributed by atoms with Crippen LogP contribution in [0.25, 0.3) is 0 Å². The van der Waals surface area contributed by atoms with Crippen molar-refractivity contribution in [3.63, 3.8) is 0 Å². The first kappa shape index (κ1) is 16.3. The number of ether oxygens (including phenoxy) is 1. The highest BCUT2D eigenvalue weighted by atomic mass is 79.9. The van der Waals surface area contributed by atoms with E-state index in [1.807, 2.05) is 24.3 Å². The number of hydrogen-bond acceptors (Lipinski definition) is 2. The fourth-order valence-electron chi connectivity index (χ4n) is 2.59. The van der Waals surface area contributed by atoms with E-state index in [1.165, 1.54) is 0 Å². The maximum atomic E-state index is 12.3. The van der Waals surface area contributed by atoms with Gasteiger partial charge < -0.3 is 10.1 Å². The molecule has 0 spiro atoms. The van der Waals surface area contributed by atoms with E-state index in [0.717, 1.165) is 24.2 Å². The van der Waals surface area contributed by atoms with Crippen molar-refractivity contribution in [3.05, 3.63) is 29.8 Å². The molecule has 0 saturated heterocycles. The highest BCUT2D eigenvalue weighted by Crippen LogP contribution is 2.27. The molecule has 1 aliphatic heterocycles. The number of carbonyl (C=O) groups is 1. The van der Waals surface area contributed by atoms with E-state index in [0.29, 0.717) is 18.0 Å². The minimum Gasteiger partial charge on any atom is -0.492 e. The van der Waals surface area contributed by atoms with Crippen molar-refractivity contribution >= 4 is 21.8 Å². The number of hydrogen-bond donors (Lipinski definition) is 1. The van der Waals surface area contributed by atoms with Crippen LogP contribution in [0.1, 0.15) is 32.8 Å². The Morgan fingerprint density at radius 2 is 2.14 bits per heavy atom. The molecule has 21 heavy (non-hydrogen) atoms. The standard InChI is InChI=1S/C17H24BrNO2/c1-17(2,3)9-14(18)10-19-16(20)13-8-12-6-4-5-7-15(12)21-11-13/h4-7,13-14H,8-11H2,1-3H3,(H,19,20). The van der Waals surface area contributed by atoms with Crippen LogP contribution in [-0.4, -0.2) is 23.9 Å². The summed E-state index contributed by atoms with van der Waals surface area (Å²) in [5.74, 6) is 0.907. The average Bonchev–Trinajstić information content (AvgIpc) is 2.42. The second kappa shape index (κ2) is 6.82. The largest absolute Gasteiger partial charge is 0.492 e. The quantitative estimate of drug-likeness (QED) is 0.840. The molecule has 1 aromatic rings. The SMILES string of the molecule is CC(C)(C)CC(Br)CNC(=O)C1COc2ccccc2C1. The zero-order valence-electron chi connectivity index (χ0n) is 13.0. The van der Waals surface area contributed by atoms with Gasteiger partial charge in [0.05, 0.1) is 5.92 Å². The third-order valence-corrected chi connectivity index (χ3v) is 4.23. The predicted molar refractivity (Wildman–Crippen MR) is 88.9 cm³/mol. The molecule has 2 unspecified atom stereocenters. The lowest BCUT2D eigenvalue weighted by Gasteiger charge is -2.26. The number of rotatable bonds is 4. The molecule has 3 nitrogen and oxygen atoms in total. The van der Waals surface area contributed by atoms with Gasteiger partial charge in [0.2, 0.25) is 5.91 Å². The van der Waals surface area contributed by atoms with Crippen LogP contribution < -0.4 is 10.1 Å². The number of para-hydroxylation sites is 1. The molecule has 0 aliphatic carbocycles. The van der Waals surface area contributed by atoms with Crippen LogP contribution in [0.2, 0.25) is 0 Å². The Balaban J connectivity index is 1.82. The van der Waals surface area contributed by atoms with Gasteiger partial charge >= 0.3 is 0 Å². The lowest BCUT2D eigenvalue weighted by atomic mass is 9.90. The van der Waals surface area contributed by atoms with E-state index in [1.54, 1.807) is 0 Å². The molecular formula is C17H24BrNO2. The fourth-order valence-corrected chi connectivity index (χ4v) is 3.72. The lowest BCUT2D eigenvalue weighted by molar-refractivity contribution is -0.126. The Kier molecular flexibility index (Phi) is 5.31. The van der Waals surface area contributed by atoms with Crippen LogP contribution >= 0.6 is 15.9 Å². The number of carbonyl (C=O) groups excluding carboxylic acids is 1. The highest BCUT2D eigenvalue weighted by molar-refractivity contribution is 9.09. The second-order valence-electron chi connectivity index (χ2n) is 6.93. The summed E-state index contributed by atoms with van der Waals surface area (Å²) in [4.78, 5) is 12.6. The first-order valence-corrected chi connectivity index (χ1v) is 8.39. The van der Waals surface area contributed by atoms with Gasteiger partial charge in [-0.05, 0) is 29.9 Å². The summed E-state index contributed by atoms with van der Waals surface area (Å²) >= 11 is 3.65. The fraction of sp³-hybridized carbons (Fsp3) is 0.588. The van der Waals surface area contributed by atoms with Gasteiger partial charge in [0.25, 0.3) is 0 Å². The lowest BCUT2D eigenvalue weighted by Crippen LogP contribution is -2.40. The first-order chi connectivity index (χ1) is 9.85. The minimum absolute atomic E-state index is 0.0860. The average molecular weight is 354 g/mol. The van der Waals surface area contributed by atoms with Crippen LogP contribution in [0.3, 0.4) is 0 Å². The van der Waals surface area contributed by atoms with E-state index < -0.39 is 0 Å². The topological polar surface area (TPSA) is 38.3 Å². The molecule has 0 fully saturated rings. The molecule has 1 heterocycles. The molecule has 0 radical (unpaired) electrons. The number of fused-ring (bicyclic) bond motifs is 1. The number of amides is 1. The second-order valence-corrected chi connectivity index (χ2v) is 8.22. The maximum Gasteiger partial charge on any atom is 0.226 e. The molecule has 1 N–H and O–H groups in total. The van der Waals surface area contributed by atoms with Crippen LogP contribution in [0.5, 0.6) is 5.75 Å². The van der Waals surface area contributed by atoms with Crippen molar-refractivity contribution in [1.29, 1.82) is 0 Å². The number of halogens is 1. The van der Waals surface area contributed by atoms with Crippen molar-refractivity contribution < 1.29 is 9.53 Å². The van der Waals surface area contributed by atoms with Gasteiger partial charge in [-0.3, -0.25) is 4.79 Å².